The van der Waals surface area contributed by atoms with E-state index in [9.17, 15) is 18.0 Å². The van der Waals surface area contributed by atoms with E-state index in [0.29, 0.717) is 11.2 Å². The first kappa shape index (κ1) is 15.6. The normalized spacial score (nSPS) is 15.2. The molecule has 3 aromatic rings. The monoisotopic (exact) mass is 347 g/mol. The van der Waals surface area contributed by atoms with Gasteiger partial charge in [0.15, 0.2) is 5.65 Å². The van der Waals surface area contributed by atoms with Gasteiger partial charge in [0.25, 0.3) is 0 Å². The van der Waals surface area contributed by atoms with E-state index in [1.165, 1.54) is 4.90 Å². The summed E-state index contributed by atoms with van der Waals surface area (Å²) in [6.45, 7) is 0.269. The molecule has 1 N–H and O–H groups in total. The Morgan fingerprint density at radius 2 is 2.12 bits per heavy atom. The third kappa shape index (κ3) is 2.81. The number of hydrogen-bond acceptors (Lipinski definition) is 4. The molecule has 0 unspecified atom stereocenters. The van der Waals surface area contributed by atoms with E-state index in [0.717, 1.165) is 21.9 Å². The summed E-state index contributed by atoms with van der Waals surface area (Å²) in [5, 5.41) is 8.60. The van der Waals surface area contributed by atoms with Gasteiger partial charge in [0.2, 0.25) is 5.91 Å². The molecular formula is C16H12F3N5O. The zero-order valence-electron chi connectivity index (χ0n) is 12.8. The number of aromatic amines is 1. The zero-order chi connectivity index (χ0) is 17.6. The summed E-state index contributed by atoms with van der Waals surface area (Å²) in [5.41, 5.74) is 2.79. The standard InChI is InChI=1S/C16H12F3N5O/c17-16(18,19)5-13(25)24-4-2-9(8-24)11-6-22-23-12-7-21-15-10(14(11)12)1-3-20-15/h1-3,6-7,23H,4-5,8H2. The third-order valence-corrected chi connectivity index (χ3v) is 4.15. The van der Waals surface area contributed by atoms with Crippen molar-refractivity contribution in [2.75, 3.05) is 13.1 Å². The van der Waals surface area contributed by atoms with E-state index in [4.69, 9.17) is 0 Å². The number of hydrogen-bond donors (Lipinski definition) is 1. The molecule has 9 heteroatoms. The SMILES string of the molecule is O=C(CC(F)(F)F)N1CC=C(c2cn[nH]c3cnc4nccc4c23)C1. The van der Waals surface area contributed by atoms with Gasteiger partial charge in [-0.15, -0.1) is 0 Å². The molecular weight excluding hydrogens is 335 g/mol. The van der Waals surface area contributed by atoms with Crippen molar-refractivity contribution in [1.82, 2.24) is 25.1 Å². The highest BCUT2D eigenvalue weighted by atomic mass is 19.4. The van der Waals surface area contributed by atoms with E-state index in [-0.39, 0.29) is 13.1 Å². The van der Waals surface area contributed by atoms with Crippen LogP contribution in [0.3, 0.4) is 0 Å². The van der Waals surface area contributed by atoms with Gasteiger partial charge in [0.05, 0.1) is 17.9 Å². The van der Waals surface area contributed by atoms with Crippen molar-refractivity contribution >= 4 is 33.4 Å². The van der Waals surface area contributed by atoms with Gasteiger partial charge in [-0.2, -0.15) is 18.3 Å². The van der Waals surface area contributed by atoms with E-state index in [2.05, 4.69) is 20.2 Å². The molecule has 1 amide bonds. The Labute approximate surface area is 139 Å². The van der Waals surface area contributed by atoms with Crippen LogP contribution in [0.15, 0.2) is 30.7 Å². The van der Waals surface area contributed by atoms with E-state index in [1.807, 2.05) is 6.07 Å². The number of nitrogens with zero attached hydrogens (tertiary/aromatic N) is 4. The number of nitrogens with one attached hydrogen (secondary N) is 1. The molecule has 0 aliphatic carbocycles. The van der Waals surface area contributed by atoms with Gasteiger partial charge in [-0.05, 0) is 11.6 Å². The number of fused-ring (bicyclic) bond motifs is 3. The largest absolute Gasteiger partial charge is 0.397 e. The van der Waals surface area contributed by atoms with E-state index < -0.39 is 18.5 Å². The minimum atomic E-state index is -4.51. The minimum Gasteiger partial charge on any atom is -0.334 e. The number of pyridine rings is 1. The fourth-order valence-electron chi connectivity index (χ4n) is 3.03. The summed E-state index contributed by atoms with van der Waals surface area (Å²) in [6.07, 6.45) is 0.670. The minimum absolute atomic E-state index is 0.119. The van der Waals surface area contributed by atoms with Crippen LogP contribution in [0, 0.1) is 0 Å². The molecule has 0 fully saturated rings. The predicted molar refractivity (Wildman–Crippen MR) is 84.4 cm³/mol. The number of amides is 1. The molecule has 128 valence electrons. The highest BCUT2D eigenvalue weighted by Crippen LogP contribution is 2.31. The van der Waals surface area contributed by atoms with Gasteiger partial charge >= 0.3 is 6.18 Å². The van der Waals surface area contributed by atoms with Gasteiger partial charge in [0.1, 0.15) is 6.42 Å². The number of alkyl halides is 3. The molecule has 1 aliphatic rings. The van der Waals surface area contributed by atoms with Crippen molar-refractivity contribution in [3.63, 3.8) is 0 Å². The summed E-state index contributed by atoms with van der Waals surface area (Å²) >= 11 is 0. The fourth-order valence-corrected chi connectivity index (χ4v) is 3.03. The lowest BCUT2D eigenvalue weighted by Gasteiger charge is -2.18. The molecule has 0 spiro atoms. The second-order valence-electron chi connectivity index (χ2n) is 5.81. The third-order valence-electron chi connectivity index (χ3n) is 4.15. The maximum atomic E-state index is 12.4. The van der Waals surface area contributed by atoms with Crippen molar-refractivity contribution in [3.8, 4) is 0 Å². The average Bonchev–Trinajstić information content (AvgIpc) is 3.22. The summed E-state index contributed by atoms with van der Waals surface area (Å²) < 4.78 is 37.3. The summed E-state index contributed by atoms with van der Waals surface area (Å²) in [7, 11) is 0. The first-order valence-corrected chi connectivity index (χ1v) is 7.53. The van der Waals surface area contributed by atoms with Crippen molar-refractivity contribution in [3.05, 3.63) is 36.3 Å². The molecule has 4 heterocycles. The molecule has 0 saturated carbocycles. The maximum Gasteiger partial charge on any atom is 0.397 e. The van der Waals surface area contributed by atoms with Gasteiger partial charge < -0.3 is 4.90 Å². The van der Waals surface area contributed by atoms with Gasteiger partial charge in [-0.3, -0.25) is 9.89 Å². The Hall–Kier alpha value is -2.97. The van der Waals surface area contributed by atoms with Gasteiger partial charge in [-0.25, -0.2) is 9.97 Å². The Morgan fingerprint density at radius 1 is 1.28 bits per heavy atom. The quantitative estimate of drug-likeness (QED) is 0.773. The molecule has 25 heavy (non-hydrogen) atoms. The van der Waals surface area contributed by atoms with Crippen LogP contribution in [0.1, 0.15) is 12.0 Å². The summed E-state index contributed by atoms with van der Waals surface area (Å²) in [6, 6.07) is 1.82. The Balaban J connectivity index is 1.69. The van der Waals surface area contributed by atoms with Crippen LogP contribution in [0.5, 0.6) is 0 Å². The number of H-pyrrole nitrogens is 1. The predicted octanol–water partition coefficient (Wildman–Crippen LogP) is 2.68. The molecule has 0 atom stereocenters. The fraction of sp³-hybridized carbons (Fsp3) is 0.250. The maximum absolute atomic E-state index is 12.4. The van der Waals surface area contributed by atoms with Crippen molar-refractivity contribution in [2.24, 2.45) is 0 Å². The molecule has 0 saturated heterocycles. The average molecular weight is 347 g/mol. The Bertz CT molecular complexity index is 1010. The number of carbonyl (C=O) groups is 1. The van der Waals surface area contributed by atoms with Gasteiger partial charge in [0, 0.05) is 35.6 Å². The molecule has 4 rings (SSSR count). The summed E-state index contributed by atoms with van der Waals surface area (Å²) in [5.74, 6) is -0.930. The highest BCUT2D eigenvalue weighted by molar-refractivity contribution is 6.08. The van der Waals surface area contributed by atoms with Crippen LogP contribution in [0.4, 0.5) is 13.2 Å². The van der Waals surface area contributed by atoms with E-state index in [1.54, 1.807) is 24.7 Å². The van der Waals surface area contributed by atoms with Crippen LogP contribution >= 0.6 is 0 Å². The highest BCUT2D eigenvalue weighted by Gasteiger charge is 2.34. The van der Waals surface area contributed by atoms with Crippen LogP contribution in [-0.2, 0) is 4.79 Å². The van der Waals surface area contributed by atoms with Crippen LogP contribution in [0.25, 0.3) is 27.5 Å². The first-order chi connectivity index (χ1) is 11.9. The Morgan fingerprint density at radius 3 is 2.92 bits per heavy atom. The molecule has 1 aliphatic heterocycles. The topological polar surface area (TPSA) is 74.8 Å². The van der Waals surface area contributed by atoms with Crippen LogP contribution in [0.2, 0.25) is 0 Å². The zero-order valence-corrected chi connectivity index (χ0v) is 12.8. The van der Waals surface area contributed by atoms with Crippen LogP contribution < -0.4 is 0 Å². The number of carbonyl (C=O) groups excluding carboxylic acids is 1. The number of rotatable bonds is 2. The molecule has 6 nitrogen and oxygen atoms in total. The lowest BCUT2D eigenvalue weighted by atomic mass is 10.0. The number of aromatic nitrogens is 4. The Kier molecular flexibility index (Phi) is 3.45. The van der Waals surface area contributed by atoms with Crippen LogP contribution in [-0.4, -0.2) is 50.2 Å². The lowest BCUT2D eigenvalue weighted by Crippen LogP contribution is -2.32. The molecule has 0 aromatic carbocycles. The smallest absolute Gasteiger partial charge is 0.334 e. The van der Waals surface area contributed by atoms with Crippen molar-refractivity contribution < 1.29 is 18.0 Å². The number of halogens is 3. The second-order valence-corrected chi connectivity index (χ2v) is 5.81. The second kappa shape index (κ2) is 5.54. The van der Waals surface area contributed by atoms with Crippen molar-refractivity contribution in [1.29, 1.82) is 0 Å². The first-order valence-electron chi connectivity index (χ1n) is 7.53. The van der Waals surface area contributed by atoms with Crippen molar-refractivity contribution in [2.45, 2.75) is 12.6 Å². The molecule has 0 radical (unpaired) electrons. The molecule has 0 bridgehead atoms. The van der Waals surface area contributed by atoms with Gasteiger partial charge in [-0.1, -0.05) is 6.08 Å². The summed E-state index contributed by atoms with van der Waals surface area (Å²) in [4.78, 5) is 21.4. The van der Waals surface area contributed by atoms with E-state index >= 15 is 0 Å². The lowest BCUT2D eigenvalue weighted by molar-refractivity contribution is -0.160. The molecule has 3 aromatic heterocycles.